The molecule has 4 aromatic rings. The number of alkyl halides is 1. The van der Waals surface area contributed by atoms with E-state index in [4.69, 9.17) is 56.9 Å². The molecule has 3 saturated heterocycles. The van der Waals surface area contributed by atoms with Gasteiger partial charge in [0.1, 0.15) is 30.7 Å². The van der Waals surface area contributed by atoms with Gasteiger partial charge in [0, 0.05) is 6.42 Å². The lowest BCUT2D eigenvalue weighted by Crippen LogP contribution is -2.32. The molecule has 19 nitrogen and oxygen atoms in total. The number of halogens is 1. The van der Waals surface area contributed by atoms with Crippen molar-refractivity contribution in [3.63, 3.8) is 0 Å². The van der Waals surface area contributed by atoms with E-state index in [2.05, 4.69) is 30.0 Å². The lowest BCUT2D eigenvalue weighted by molar-refractivity contribution is -0.0555. The van der Waals surface area contributed by atoms with Crippen molar-refractivity contribution < 1.29 is 41.7 Å². The number of ether oxygens (including phenoxy) is 2. The van der Waals surface area contributed by atoms with E-state index >= 15 is 4.39 Å². The third kappa shape index (κ3) is 5.44. The van der Waals surface area contributed by atoms with Crippen LogP contribution in [-0.4, -0.2) is 92.7 Å². The number of fused-ring (bicyclic) bond motifs is 5. The van der Waals surface area contributed by atoms with Gasteiger partial charge in [-0.3, -0.25) is 23.7 Å². The lowest BCUT2D eigenvalue weighted by Gasteiger charge is -2.27. The Morgan fingerprint density at radius 1 is 1.02 bits per heavy atom. The minimum atomic E-state index is -4.23. The van der Waals surface area contributed by atoms with Gasteiger partial charge in [0.2, 0.25) is 11.6 Å². The second-order valence-electron chi connectivity index (χ2n) is 9.96. The molecule has 0 aliphatic carbocycles. The molecule has 7 rings (SSSR count). The Hall–Kier alpha value is -2.59. The van der Waals surface area contributed by atoms with Crippen LogP contribution in [0.5, 0.6) is 0 Å². The number of nitrogens with two attached hydrogens (primary N) is 1. The average molecular weight is 694 g/mol. The van der Waals surface area contributed by atoms with Crippen LogP contribution >= 0.6 is 13.4 Å². The number of aromatic nitrogens is 8. The molecule has 2 bridgehead atoms. The van der Waals surface area contributed by atoms with E-state index < -0.39 is 80.7 Å². The van der Waals surface area contributed by atoms with Crippen molar-refractivity contribution in [3.8, 4) is 0 Å². The second kappa shape index (κ2) is 11.0. The van der Waals surface area contributed by atoms with E-state index in [1.54, 1.807) is 0 Å². The number of nitrogens with one attached hydrogen (secondary N) is 2. The Morgan fingerprint density at radius 2 is 1.77 bits per heavy atom. The van der Waals surface area contributed by atoms with Crippen LogP contribution in [0.2, 0.25) is 0 Å². The van der Waals surface area contributed by atoms with E-state index in [1.165, 1.54) is 21.6 Å². The van der Waals surface area contributed by atoms with Crippen molar-refractivity contribution in [3.05, 3.63) is 45.3 Å². The molecule has 6 N–H and O–H groups in total. The zero-order valence-electron chi connectivity index (χ0n) is 21.9. The highest BCUT2D eigenvalue weighted by molar-refractivity contribution is 8.07. The van der Waals surface area contributed by atoms with Crippen molar-refractivity contribution in [2.24, 2.45) is 0 Å². The lowest BCUT2D eigenvalue weighted by atomic mass is 10.1. The van der Waals surface area contributed by atoms with Crippen molar-refractivity contribution in [2.75, 3.05) is 18.9 Å². The SMILES string of the molecule is Nc1nc2c(ncn2[C@@H]2O[C@@H]3COP(O)(=S)O[C@H]4C[C@H](c5cnc6c(=O)[nH]cnn56)O[C@@H]4COP(O)(=S)O[C@@H]2[C@@H]3F)c(=O)[nH]1. The second-order valence-corrected chi connectivity index (χ2v) is 15.5. The standard InChI is InChI=1S/C20H22FN9O10P2S2/c21-12-11-4-36-41(33,43)39-9-1-8(7-2-23-16-18(32)24-5-26-30(7)16)37-10(9)3-35-42(34,44)40-14(12)19(38-11)29-6-25-13-15(29)27-20(22)28-17(13)31/h2,5-6,8-12,14,19H,1,3-4H2,(H,33,43)(H,34,44)(H,24,26,32)(H3,22,27,28,31)/t8-,9+,10-,11-,12-,14-,19-,41?,42?/m1/s1. The summed E-state index contributed by atoms with van der Waals surface area (Å²) in [5.41, 5.74) is 4.82. The number of nitrogen functional groups attached to an aromatic ring is 1. The highest BCUT2D eigenvalue weighted by Gasteiger charge is 2.51. The monoisotopic (exact) mass is 693 g/mol. The van der Waals surface area contributed by atoms with Gasteiger partial charge in [-0.2, -0.15) is 10.1 Å². The summed E-state index contributed by atoms with van der Waals surface area (Å²) in [6.45, 7) is -9.31. The molecular weight excluding hydrogens is 671 g/mol. The van der Waals surface area contributed by atoms with Crippen LogP contribution in [0.1, 0.15) is 24.4 Å². The Kier molecular flexibility index (Phi) is 7.55. The van der Waals surface area contributed by atoms with E-state index in [-0.39, 0.29) is 29.2 Å². The van der Waals surface area contributed by atoms with Crippen molar-refractivity contribution in [1.29, 1.82) is 0 Å². The van der Waals surface area contributed by atoms with Crippen LogP contribution in [0, 0.1) is 0 Å². The summed E-state index contributed by atoms with van der Waals surface area (Å²) in [5.74, 6) is -0.233. The third-order valence-electron chi connectivity index (χ3n) is 7.18. The van der Waals surface area contributed by atoms with Gasteiger partial charge < -0.3 is 43.5 Å². The van der Waals surface area contributed by atoms with Gasteiger partial charge >= 0.3 is 13.4 Å². The molecule has 4 aromatic heterocycles. The Bertz CT molecular complexity index is 1970. The Morgan fingerprint density at radius 3 is 2.57 bits per heavy atom. The van der Waals surface area contributed by atoms with Crippen molar-refractivity contribution in [2.45, 2.75) is 49.3 Å². The molecule has 0 saturated carbocycles. The highest BCUT2D eigenvalue weighted by atomic mass is 32.5. The van der Waals surface area contributed by atoms with Crippen LogP contribution in [0.3, 0.4) is 0 Å². The topological polar surface area (TPSA) is 248 Å². The zero-order valence-corrected chi connectivity index (χ0v) is 25.3. The summed E-state index contributed by atoms with van der Waals surface area (Å²) in [5, 5.41) is 4.11. The number of aromatic amines is 2. The van der Waals surface area contributed by atoms with Gasteiger partial charge in [0.05, 0.1) is 37.5 Å². The molecule has 7 heterocycles. The van der Waals surface area contributed by atoms with E-state index in [0.717, 1.165) is 6.33 Å². The molecule has 236 valence electrons. The van der Waals surface area contributed by atoms with Crippen molar-refractivity contribution >= 4 is 59.8 Å². The molecular formula is C20H22FN9O10P2S2. The smallest absolute Gasteiger partial charge is 0.325 e. The number of nitrogens with zero attached hydrogens (tertiary/aromatic N) is 6. The molecule has 24 heteroatoms. The fourth-order valence-corrected chi connectivity index (χ4v) is 8.12. The molecule has 0 aromatic carbocycles. The summed E-state index contributed by atoms with van der Waals surface area (Å²) in [7, 11) is 0. The van der Waals surface area contributed by atoms with Crippen molar-refractivity contribution in [1.82, 2.24) is 39.1 Å². The van der Waals surface area contributed by atoms with Crippen LogP contribution in [0.25, 0.3) is 16.8 Å². The fraction of sp³-hybridized carbons (Fsp3) is 0.500. The summed E-state index contributed by atoms with van der Waals surface area (Å²) in [6, 6.07) is 0. The van der Waals surface area contributed by atoms with E-state index in [1.807, 2.05) is 0 Å². The number of imidazole rings is 2. The first-order valence-electron chi connectivity index (χ1n) is 12.8. The minimum Gasteiger partial charge on any atom is -0.369 e. The number of hydrogen-bond acceptors (Lipinski definition) is 15. The first-order chi connectivity index (χ1) is 20.9. The van der Waals surface area contributed by atoms with Gasteiger partial charge in [-0.1, -0.05) is 0 Å². The maximum absolute atomic E-state index is 15.8. The summed E-state index contributed by atoms with van der Waals surface area (Å²) >= 11 is 10.4. The fourth-order valence-electron chi connectivity index (χ4n) is 5.25. The van der Waals surface area contributed by atoms with Gasteiger partial charge in [-0.05, 0) is 23.6 Å². The number of anilines is 1. The number of hydrogen-bond donors (Lipinski definition) is 5. The van der Waals surface area contributed by atoms with E-state index in [9.17, 15) is 19.4 Å². The van der Waals surface area contributed by atoms with Gasteiger partial charge in [0.25, 0.3) is 11.1 Å². The van der Waals surface area contributed by atoms with Gasteiger partial charge in [-0.15, -0.1) is 0 Å². The quantitative estimate of drug-likeness (QED) is 0.165. The number of rotatable bonds is 2. The Labute approximate surface area is 253 Å². The molecule has 9 atom stereocenters. The molecule has 3 aliphatic rings. The summed E-state index contributed by atoms with van der Waals surface area (Å²) in [4.78, 5) is 63.2. The first-order valence-corrected chi connectivity index (χ1v) is 18.0. The largest absolute Gasteiger partial charge is 0.369 e. The molecule has 0 amide bonds. The maximum atomic E-state index is 15.8. The maximum Gasteiger partial charge on any atom is 0.325 e. The van der Waals surface area contributed by atoms with Crippen LogP contribution in [-0.2, 0) is 51.2 Å². The van der Waals surface area contributed by atoms with Crippen LogP contribution in [0.4, 0.5) is 10.3 Å². The van der Waals surface area contributed by atoms with Gasteiger partial charge in [-0.25, -0.2) is 18.9 Å². The predicted molar refractivity (Wildman–Crippen MR) is 152 cm³/mol. The molecule has 0 radical (unpaired) electrons. The highest BCUT2D eigenvalue weighted by Crippen LogP contribution is 2.54. The zero-order chi connectivity index (χ0) is 31.0. The molecule has 3 fully saturated rings. The molecule has 3 aliphatic heterocycles. The van der Waals surface area contributed by atoms with Crippen LogP contribution < -0.4 is 16.9 Å². The predicted octanol–water partition coefficient (Wildman–Crippen LogP) is -0.551. The molecule has 2 unspecified atom stereocenters. The van der Waals surface area contributed by atoms with Gasteiger partial charge in [0.15, 0.2) is 23.6 Å². The summed E-state index contributed by atoms with van der Waals surface area (Å²) in [6.07, 6.45) is -5.31. The first kappa shape index (κ1) is 30.1. The third-order valence-corrected chi connectivity index (χ3v) is 10.3. The molecule has 44 heavy (non-hydrogen) atoms. The minimum absolute atomic E-state index is 0.0271. The Balaban J connectivity index is 1.19. The normalized spacial score (nSPS) is 36.6. The molecule has 0 spiro atoms. The average Bonchev–Trinajstić information content (AvgIpc) is 3.72. The van der Waals surface area contributed by atoms with E-state index in [0.29, 0.717) is 5.69 Å². The summed E-state index contributed by atoms with van der Waals surface area (Å²) < 4.78 is 52.7. The number of H-pyrrole nitrogens is 2. The van der Waals surface area contributed by atoms with Crippen LogP contribution in [0.15, 0.2) is 28.4 Å².